The Morgan fingerprint density at radius 3 is 2.31 bits per heavy atom. The number of piperidine rings is 1. The lowest BCUT2D eigenvalue weighted by Crippen LogP contribution is -2.39. The van der Waals surface area contributed by atoms with Crippen molar-refractivity contribution in [2.75, 3.05) is 13.1 Å². The van der Waals surface area contributed by atoms with Crippen molar-refractivity contribution >= 4 is 11.9 Å². The van der Waals surface area contributed by atoms with Crippen molar-refractivity contribution in [2.24, 2.45) is 0 Å². The van der Waals surface area contributed by atoms with Crippen molar-refractivity contribution in [1.82, 2.24) is 24.5 Å². The predicted octanol–water partition coefficient (Wildman–Crippen LogP) is 3.20. The van der Waals surface area contributed by atoms with E-state index in [0.29, 0.717) is 30.4 Å². The average molecular weight is 399 g/mol. The largest absolute Gasteiger partial charge is 0.478 e. The summed E-state index contributed by atoms with van der Waals surface area (Å²) in [4.78, 5) is 26.2. The van der Waals surface area contributed by atoms with Gasteiger partial charge in [0.2, 0.25) is 0 Å². The third-order valence-corrected chi connectivity index (χ3v) is 5.96. The Balaban J connectivity index is 1.46. The van der Waals surface area contributed by atoms with Crippen LogP contribution < -0.4 is 0 Å². The van der Waals surface area contributed by atoms with Crippen LogP contribution in [-0.2, 0) is 5.54 Å². The van der Waals surface area contributed by atoms with Gasteiger partial charge in [-0.3, -0.25) is 14.2 Å². The van der Waals surface area contributed by atoms with Crippen LogP contribution in [-0.4, -0.2) is 54.5 Å². The van der Waals surface area contributed by atoms with E-state index >= 15 is 0 Å². The van der Waals surface area contributed by atoms with Crippen molar-refractivity contribution in [3.05, 3.63) is 34.9 Å². The number of aromatic carboxylic acids is 1. The number of nitrogens with zero attached hydrogens (tertiary/aromatic N) is 5. The lowest BCUT2D eigenvalue weighted by atomic mass is 10.0. The zero-order valence-electron chi connectivity index (χ0n) is 17.6. The molecule has 4 rings (SSSR count). The highest BCUT2D eigenvalue weighted by atomic mass is 16.4. The van der Waals surface area contributed by atoms with E-state index in [1.165, 1.54) is 24.7 Å². The second-order valence-electron chi connectivity index (χ2n) is 9.23. The first-order valence-corrected chi connectivity index (χ1v) is 10.3. The summed E-state index contributed by atoms with van der Waals surface area (Å²) >= 11 is 0. The number of amides is 1. The van der Waals surface area contributed by atoms with E-state index in [4.69, 9.17) is 0 Å². The van der Waals surface area contributed by atoms with E-state index in [9.17, 15) is 14.7 Å². The lowest BCUT2D eigenvalue weighted by Gasteiger charge is -2.32. The molecule has 29 heavy (non-hydrogen) atoms. The fourth-order valence-corrected chi connectivity index (χ4v) is 4.18. The standard InChI is InChI=1S/C21H29N5O3/c1-13-16(20(28)29)12-22-25(13)15-7-9-24(10-8-15)19(27)17-11-18(14-5-6-14)26(23-17)21(2,3)4/h11-12,14-15H,5-10H2,1-4H3,(H,28,29). The minimum atomic E-state index is -0.956. The molecule has 156 valence electrons. The zero-order chi connectivity index (χ0) is 20.9. The number of aromatic nitrogens is 4. The number of likely N-dealkylation sites (tertiary alicyclic amines) is 1. The van der Waals surface area contributed by atoms with Crippen molar-refractivity contribution in [3.8, 4) is 0 Å². The average Bonchev–Trinajstić information content (AvgIpc) is 3.28. The Morgan fingerprint density at radius 1 is 1.14 bits per heavy atom. The van der Waals surface area contributed by atoms with Crippen LogP contribution in [0.25, 0.3) is 0 Å². The predicted molar refractivity (Wildman–Crippen MR) is 107 cm³/mol. The van der Waals surface area contributed by atoms with Crippen molar-refractivity contribution < 1.29 is 14.7 Å². The van der Waals surface area contributed by atoms with E-state index in [1.54, 1.807) is 11.6 Å². The van der Waals surface area contributed by atoms with E-state index in [1.807, 2.05) is 15.6 Å². The quantitative estimate of drug-likeness (QED) is 0.852. The highest BCUT2D eigenvalue weighted by Gasteiger charge is 2.34. The first kappa shape index (κ1) is 19.7. The number of hydrogen-bond acceptors (Lipinski definition) is 4. The third-order valence-electron chi connectivity index (χ3n) is 5.96. The lowest BCUT2D eigenvalue weighted by molar-refractivity contribution is 0.0681. The molecule has 1 amide bonds. The summed E-state index contributed by atoms with van der Waals surface area (Å²) in [5, 5.41) is 18.2. The molecule has 0 radical (unpaired) electrons. The summed E-state index contributed by atoms with van der Waals surface area (Å²) in [6.45, 7) is 9.36. The van der Waals surface area contributed by atoms with Gasteiger partial charge in [-0.25, -0.2) is 4.79 Å². The van der Waals surface area contributed by atoms with Crippen molar-refractivity contribution in [1.29, 1.82) is 0 Å². The van der Waals surface area contributed by atoms with Crippen LogP contribution in [0, 0.1) is 6.92 Å². The number of carbonyl (C=O) groups is 2. The third kappa shape index (κ3) is 3.68. The molecular weight excluding hydrogens is 370 g/mol. The van der Waals surface area contributed by atoms with Crippen molar-refractivity contribution in [3.63, 3.8) is 0 Å². The molecule has 3 heterocycles. The molecule has 2 aromatic heterocycles. The molecule has 2 fully saturated rings. The van der Waals surface area contributed by atoms with Gasteiger partial charge in [-0.2, -0.15) is 10.2 Å². The van der Waals surface area contributed by atoms with Crippen LogP contribution in [0.3, 0.4) is 0 Å². The topological polar surface area (TPSA) is 93.3 Å². The van der Waals surface area contributed by atoms with Gasteiger partial charge >= 0.3 is 5.97 Å². The number of carboxylic acids is 1. The molecule has 0 atom stereocenters. The van der Waals surface area contributed by atoms with E-state index in [2.05, 4.69) is 31.0 Å². The number of hydrogen-bond donors (Lipinski definition) is 1. The Kier molecular flexibility index (Phi) is 4.75. The summed E-state index contributed by atoms with van der Waals surface area (Å²) in [6, 6.07) is 2.09. The molecule has 8 heteroatoms. The van der Waals surface area contributed by atoms with Crippen LogP contribution in [0.2, 0.25) is 0 Å². The van der Waals surface area contributed by atoms with Gasteiger partial charge in [-0.1, -0.05) is 0 Å². The van der Waals surface area contributed by atoms with E-state index < -0.39 is 5.97 Å². The highest BCUT2D eigenvalue weighted by molar-refractivity contribution is 5.92. The van der Waals surface area contributed by atoms with Crippen LogP contribution in [0.5, 0.6) is 0 Å². The molecule has 1 saturated heterocycles. The Bertz CT molecular complexity index is 940. The van der Waals surface area contributed by atoms with Gasteiger partial charge in [0.1, 0.15) is 5.56 Å². The van der Waals surface area contributed by atoms with Gasteiger partial charge < -0.3 is 10.0 Å². The molecule has 0 unspecified atom stereocenters. The summed E-state index contributed by atoms with van der Waals surface area (Å²) < 4.78 is 3.82. The van der Waals surface area contributed by atoms with Crippen molar-refractivity contribution in [2.45, 2.75) is 70.9 Å². The summed E-state index contributed by atoms with van der Waals surface area (Å²) in [5.41, 5.74) is 2.46. The number of rotatable bonds is 4. The molecule has 2 aliphatic rings. The maximum absolute atomic E-state index is 13.1. The molecule has 0 spiro atoms. The molecule has 1 aliphatic heterocycles. The monoisotopic (exact) mass is 399 g/mol. The molecular formula is C21H29N5O3. The number of carbonyl (C=O) groups excluding carboxylic acids is 1. The van der Waals surface area contributed by atoms with Crippen LogP contribution in [0.4, 0.5) is 0 Å². The molecule has 0 bridgehead atoms. The first-order chi connectivity index (χ1) is 13.7. The minimum Gasteiger partial charge on any atom is -0.478 e. The van der Waals surface area contributed by atoms with Crippen LogP contribution in [0.15, 0.2) is 12.3 Å². The smallest absolute Gasteiger partial charge is 0.339 e. The van der Waals surface area contributed by atoms with Gasteiger partial charge in [0.05, 0.1) is 23.5 Å². The van der Waals surface area contributed by atoms with Crippen LogP contribution >= 0.6 is 0 Å². The first-order valence-electron chi connectivity index (χ1n) is 10.3. The molecule has 8 nitrogen and oxygen atoms in total. The van der Waals surface area contributed by atoms with Gasteiger partial charge in [-0.15, -0.1) is 0 Å². The highest BCUT2D eigenvalue weighted by Crippen LogP contribution is 2.42. The van der Waals surface area contributed by atoms with Gasteiger partial charge in [-0.05, 0) is 59.4 Å². The van der Waals surface area contributed by atoms with Gasteiger partial charge in [0.25, 0.3) is 5.91 Å². The normalized spacial score (nSPS) is 18.3. The molecule has 0 aromatic carbocycles. The van der Waals surface area contributed by atoms with E-state index in [0.717, 1.165) is 12.8 Å². The Labute approximate surface area is 170 Å². The molecule has 1 saturated carbocycles. The fourth-order valence-electron chi connectivity index (χ4n) is 4.18. The summed E-state index contributed by atoms with van der Waals surface area (Å²) in [6.07, 6.45) is 5.25. The fraction of sp³-hybridized carbons (Fsp3) is 0.619. The summed E-state index contributed by atoms with van der Waals surface area (Å²) in [7, 11) is 0. The Morgan fingerprint density at radius 2 is 1.79 bits per heavy atom. The molecule has 1 N–H and O–H groups in total. The SMILES string of the molecule is Cc1c(C(=O)O)cnn1C1CCN(C(=O)c2cc(C3CC3)n(C(C)(C)C)n2)CC1. The second kappa shape index (κ2) is 7.00. The second-order valence-corrected chi connectivity index (χ2v) is 9.23. The maximum atomic E-state index is 13.1. The molecule has 2 aromatic rings. The summed E-state index contributed by atoms with van der Waals surface area (Å²) in [5.74, 6) is -0.445. The van der Waals surface area contributed by atoms with Gasteiger partial charge in [0.15, 0.2) is 5.69 Å². The molecule has 1 aliphatic carbocycles. The Hall–Kier alpha value is -2.64. The van der Waals surface area contributed by atoms with E-state index in [-0.39, 0.29) is 23.1 Å². The minimum absolute atomic E-state index is 0.0169. The number of carboxylic acid groups (broad SMARTS) is 1. The van der Waals surface area contributed by atoms with Gasteiger partial charge in [0, 0.05) is 24.7 Å². The van der Waals surface area contributed by atoms with Crippen LogP contribution in [0.1, 0.15) is 90.6 Å². The maximum Gasteiger partial charge on any atom is 0.339 e. The zero-order valence-corrected chi connectivity index (χ0v) is 17.6.